The van der Waals surface area contributed by atoms with Crippen LogP contribution in [-0.2, 0) is 16.1 Å². The van der Waals surface area contributed by atoms with Gasteiger partial charge in [-0.1, -0.05) is 30.3 Å². The zero-order valence-corrected chi connectivity index (χ0v) is 12.2. The molecule has 114 valence electrons. The molecule has 2 amide bonds. The van der Waals surface area contributed by atoms with Crippen LogP contribution in [0, 0.1) is 5.92 Å². The third-order valence-corrected chi connectivity index (χ3v) is 3.85. The van der Waals surface area contributed by atoms with E-state index < -0.39 is 18.1 Å². The lowest BCUT2D eigenvalue weighted by Gasteiger charge is -2.28. The molecule has 5 heteroatoms. The minimum Gasteiger partial charge on any atom is -0.381 e. The molecule has 1 saturated carbocycles. The summed E-state index contributed by atoms with van der Waals surface area (Å²) in [6.45, 7) is 2.67. The van der Waals surface area contributed by atoms with Gasteiger partial charge >= 0.3 is 0 Å². The lowest BCUT2D eigenvalue weighted by atomic mass is 10.1. The Kier molecular flexibility index (Phi) is 5.33. The van der Waals surface area contributed by atoms with E-state index in [9.17, 15) is 14.7 Å². The molecule has 0 aromatic heterocycles. The first-order valence-electron chi connectivity index (χ1n) is 7.32. The standard InChI is InChI=1S/C16H22N2O3/c1-12(15(20)16(21)17-9-13-7-8-13)18(11-19)10-14-5-3-2-4-6-14/h2-6,11-13,15,20H,7-10H2,1H3,(H,17,21). The Morgan fingerprint density at radius 1 is 1.43 bits per heavy atom. The number of rotatable bonds is 8. The van der Waals surface area contributed by atoms with Gasteiger partial charge in [0.2, 0.25) is 6.41 Å². The van der Waals surface area contributed by atoms with Gasteiger partial charge in [0.15, 0.2) is 6.10 Å². The second-order valence-corrected chi connectivity index (χ2v) is 5.64. The largest absolute Gasteiger partial charge is 0.381 e. The molecule has 1 aromatic carbocycles. The van der Waals surface area contributed by atoms with Gasteiger partial charge in [-0.05, 0) is 31.2 Å². The van der Waals surface area contributed by atoms with Crippen LogP contribution >= 0.6 is 0 Å². The number of hydrogen-bond acceptors (Lipinski definition) is 3. The SMILES string of the molecule is CC(C(O)C(=O)NCC1CC1)N(C=O)Cc1ccccc1. The number of aliphatic hydroxyl groups excluding tert-OH is 1. The number of aliphatic hydroxyl groups is 1. The number of carbonyl (C=O) groups is 2. The zero-order valence-electron chi connectivity index (χ0n) is 12.2. The predicted octanol–water partition coefficient (Wildman–Crippen LogP) is 0.921. The van der Waals surface area contributed by atoms with Crippen molar-refractivity contribution in [2.75, 3.05) is 6.54 Å². The lowest BCUT2D eigenvalue weighted by Crippen LogP contribution is -2.48. The molecule has 0 saturated heterocycles. The van der Waals surface area contributed by atoms with E-state index in [0.29, 0.717) is 25.4 Å². The molecule has 1 aromatic rings. The average molecular weight is 290 g/mol. The third kappa shape index (κ3) is 4.56. The molecule has 0 heterocycles. The Morgan fingerprint density at radius 2 is 2.10 bits per heavy atom. The van der Waals surface area contributed by atoms with Crippen molar-refractivity contribution in [3.05, 3.63) is 35.9 Å². The summed E-state index contributed by atoms with van der Waals surface area (Å²) in [7, 11) is 0. The van der Waals surface area contributed by atoms with Crippen LogP contribution in [0.15, 0.2) is 30.3 Å². The van der Waals surface area contributed by atoms with Crippen molar-refractivity contribution < 1.29 is 14.7 Å². The summed E-state index contributed by atoms with van der Waals surface area (Å²) in [4.78, 5) is 24.6. The van der Waals surface area contributed by atoms with Crippen LogP contribution in [0.3, 0.4) is 0 Å². The van der Waals surface area contributed by atoms with E-state index in [1.54, 1.807) is 6.92 Å². The van der Waals surface area contributed by atoms with Crippen molar-refractivity contribution in [1.29, 1.82) is 0 Å². The Labute approximate surface area is 125 Å². The Hall–Kier alpha value is -1.88. The van der Waals surface area contributed by atoms with Gasteiger partial charge in [-0.15, -0.1) is 0 Å². The summed E-state index contributed by atoms with van der Waals surface area (Å²) in [5.41, 5.74) is 0.960. The van der Waals surface area contributed by atoms with Crippen LogP contribution in [0.4, 0.5) is 0 Å². The van der Waals surface area contributed by atoms with Gasteiger partial charge in [0.25, 0.3) is 5.91 Å². The summed E-state index contributed by atoms with van der Waals surface area (Å²) >= 11 is 0. The van der Waals surface area contributed by atoms with E-state index in [1.807, 2.05) is 30.3 Å². The summed E-state index contributed by atoms with van der Waals surface area (Å²) < 4.78 is 0. The number of nitrogens with zero attached hydrogens (tertiary/aromatic N) is 1. The third-order valence-electron chi connectivity index (χ3n) is 3.85. The lowest BCUT2D eigenvalue weighted by molar-refractivity contribution is -0.135. The normalized spacial score (nSPS) is 16.9. The fourth-order valence-corrected chi connectivity index (χ4v) is 2.14. The molecule has 1 aliphatic rings. The zero-order chi connectivity index (χ0) is 15.2. The molecule has 21 heavy (non-hydrogen) atoms. The van der Waals surface area contributed by atoms with Crippen molar-refractivity contribution in [3.63, 3.8) is 0 Å². The Bertz CT molecular complexity index is 474. The van der Waals surface area contributed by atoms with E-state index in [1.165, 1.54) is 4.90 Å². The quantitative estimate of drug-likeness (QED) is 0.700. The van der Waals surface area contributed by atoms with Crippen molar-refractivity contribution in [2.45, 2.75) is 38.5 Å². The number of benzene rings is 1. The molecule has 2 atom stereocenters. The first kappa shape index (κ1) is 15.5. The molecule has 0 bridgehead atoms. The number of hydrogen-bond donors (Lipinski definition) is 2. The first-order chi connectivity index (χ1) is 10.1. The Morgan fingerprint density at radius 3 is 2.67 bits per heavy atom. The number of amides is 2. The summed E-state index contributed by atoms with van der Waals surface area (Å²) in [5.74, 6) is 0.150. The molecule has 2 N–H and O–H groups in total. The van der Waals surface area contributed by atoms with Crippen LogP contribution in [0.2, 0.25) is 0 Å². The van der Waals surface area contributed by atoms with Crippen LogP contribution in [0.1, 0.15) is 25.3 Å². The molecule has 1 aliphatic carbocycles. The monoisotopic (exact) mass is 290 g/mol. The van der Waals surface area contributed by atoms with E-state index in [-0.39, 0.29) is 0 Å². The number of carbonyl (C=O) groups excluding carboxylic acids is 2. The maximum absolute atomic E-state index is 11.9. The molecule has 5 nitrogen and oxygen atoms in total. The Balaban J connectivity index is 1.89. The molecule has 0 radical (unpaired) electrons. The van der Waals surface area contributed by atoms with Crippen LogP contribution in [-0.4, -0.2) is 41.0 Å². The highest BCUT2D eigenvalue weighted by Crippen LogP contribution is 2.27. The van der Waals surface area contributed by atoms with Gasteiger partial charge < -0.3 is 15.3 Å². The first-order valence-corrected chi connectivity index (χ1v) is 7.32. The highest BCUT2D eigenvalue weighted by atomic mass is 16.3. The average Bonchev–Trinajstić information content (AvgIpc) is 3.34. The van der Waals surface area contributed by atoms with E-state index in [2.05, 4.69) is 5.32 Å². The van der Waals surface area contributed by atoms with Gasteiger partial charge in [0.1, 0.15) is 0 Å². The molecule has 0 aliphatic heterocycles. The predicted molar refractivity (Wildman–Crippen MR) is 79.3 cm³/mol. The molecule has 0 spiro atoms. The van der Waals surface area contributed by atoms with Crippen LogP contribution in [0.25, 0.3) is 0 Å². The van der Waals surface area contributed by atoms with Crippen LogP contribution in [0.5, 0.6) is 0 Å². The van der Waals surface area contributed by atoms with Crippen molar-refractivity contribution >= 4 is 12.3 Å². The van der Waals surface area contributed by atoms with Gasteiger partial charge in [0, 0.05) is 13.1 Å². The molecule has 2 unspecified atom stereocenters. The second-order valence-electron chi connectivity index (χ2n) is 5.64. The highest BCUT2D eigenvalue weighted by Gasteiger charge is 2.29. The highest BCUT2D eigenvalue weighted by molar-refractivity contribution is 5.81. The summed E-state index contributed by atoms with van der Waals surface area (Å²) in [6.07, 6.45) is 1.74. The van der Waals surface area contributed by atoms with Gasteiger partial charge in [-0.2, -0.15) is 0 Å². The smallest absolute Gasteiger partial charge is 0.250 e. The van der Waals surface area contributed by atoms with Crippen molar-refractivity contribution in [2.24, 2.45) is 5.92 Å². The maximum Gasteiger partial charge on any atom is 0.250 e. The van der Waals surface area contributed by atoms with Gasteiger partial charge in [0.05, 0.1) is 6.04 Å². The minimum absolute atomic E-state index is 0.373. The topological polar surface area (TPSA) is 69.6 Å². The van der Waals surface area contributed by atoms with Crippen molar-refractivity contribution in [3.8, 4) is 0 Å². The molecular weight excluding hydrogens is 268 g/mol. The van der Waals surface area contributed by atoms with Gasteiger partial charge in [-0.3, -0.25) is 9.59 Å². The fourth-order valence-electron chi connectivity index (χ4n) is 2.14. The summed E-state index contributed by atoms with van der Waals surface area (Å²) in [6, 6.07) is 8.93. The number of nitrogens with one attached hydrogen (secondary N) is 1. The fraction of sp³-hybridized carbons (Fsp3) is 0.500. The van der Waals surface area contributed by atoms with E-state index in [0.717, 1.165) is 18.4 Å². The van der Waals surface area contributed by atoms with Gasteiger partial charge in [-0.25, -0.2) is 0 Å². The summed E-state index contributed by atoms with van der Waals surface area (Å²) in [5, 5.41) is 12.8. The van der Waals surface area contributed by atoms with E-state index in [4.69, 9.17) is 0 Å². The molecule has 2 rings (SSSR count). The molecular formula is C16H22N2O3. The molecule has 1 fully saturated rings. The second kappa shape index (κ2) is 7.22. The van der Waals surface area contributed by atoms with Crippen LogP contribution < -0.4 is 5.32 Å². The maximum atomic E-state index is 11.9. The van der Waals surface area contributed by atoms with E-state index >= 15 is 0 Å². The minimum atomic E-state index is -1.21. The van der Waals surface area contributed by atoms with Crippen molar-refractivity contribution in [1.82, 2.24) is 10.2 Å².